The molecule has 0 aliphatic rings. The third-order valence-corrected chi connectivity index (χ3v) is 3.79. The predicted octanol–water partition coefficient (Wildman–Crippen LogP) is 2.81. The first-order valence-electron chi connectivity index (χ1n) is 5.85. The summed E-state index contributed by atoms with van der Waals surface area (Å²) in [4.78, 5) is 13.7. The fraction of sp³-hybridized carbons (Fsp3) is 0.308. The van der Waals surface area contributed by atoms with Crippen molar-refractivity contribution in [2.24, 2.45) is 0 Å². The average Bonchev–Trinajstić information content (AvgIpc) is 2.85. The van der Waals surface area contributed by atoms with Gasteiger partial charge in [0.05, 0.1) is 13.2 Å². The molecule has 1 N–H and O–H groups in total. The molecule has 19 heavy (non-hydrogen) atoms. The van der Waals surface area contributed by atoms with Crippen molar-refractivity contribution < 1.29 is 9.53 Å². The fourth-order valence-corrected chi connectivity index (χ4v) is 2.48. The Hall–Kier alpha value is -1.95. The van der Waals surface area contributed by atoms with E-state index in [-0.39, 0.29) is 11.7 Å². The SMILES string of the molecule is COC(=O)c1ccc(NC(C)c2ccc(C)s2)nn1. The van der Waals surface area contributed by atoms with Crippen LogP contribution in [0.1, 0.15) is 33.2 Å². The number of rotatable bonds is 4. The van der Waals surface area contributed by atoms with E-state index in [9.17, 15) is 4.79 Å². The molecule has 0 aliphatic heterocycles. The number of hydrogen-bond acceptors (Lipinski definition) is 6. The van der Waals surface area contributed by atoms with Crippen LogP contribution in [0.2, 0.25) is 0 Å². The van der Waals surface area contributed by atoms with Crippen molar-refractivity contribution in [1.82, 2.24) is 10.2 Å². The van der Waals surface area contributed by atoms with Gasteiger partial charge in [0.15, 0.2) is 5.69 Å². The second-order valence-electron chi connectivity index (χ2n) is 4.11. The van der Waals surface area contributed by atoms with Gasteiger partial charge in [0, 0.05) is 9.75 Å². The normalized spacial score (nSPS) is 11.9. The average molecular weight is 277 g/mol. The molecule has 0 saturated carbocycles. The van der Waals surface area contributed by atoms with Crippen LogP contribution in [0.4, 0.5) is 5.82 Å². The maximum absolute atomic E-state index is 11.2. The standard InChI is InChI=1S/C13H15N3O2S/c1-8-4-6-11(19-8)9(2)14-12-7-5-10(15-16-12)13(17)18-3/h4-7,9H,1-3H3,(H,14,16). The van der Waals surface area contributed by atoms with E-state index in [2.05, 4.69) is 46.2 Å². The zero-order chi connectivity index (χ0) is 13.8. The quantitative estimate of drug-likeness (QED) is 0.871. The number of anilines is 1. The lowest BCUT2D eigenvalue weighted by Gasteiger charge is -2.12. The fourth-order valence-electron chi connectivity index (χ4n) is 1.60. The Labute approximate surface area is 115 Å². The molecule has 100 valence electrons. The highest BCUT2D eigenvalue weighted by molar-refractivity contribution is 7.12. The summed E-state index contributed by atoms with van der Waals surface area (Å²) < 4.78 is 4.57. The monoisotopic (exact) mass is 277 g/mol. The van der Waals surface area contributed by atoms with Crippen molar-refractivity contribution in [3.8, 4) is 0 Å². The largest absolute Gasteiger partial charge is 0.464 e. The molecule has 0 aliphatic carbocycles. The van der Waals surface area contributed by atoms with Gasteiger partial charge in [0.25, 0.3) is 0 Å². The first kappa shape index (κ1) is 13.5. The Morgan fingerprint density at radius 1 is 1.32 bits per heavy atom. The van der Waals surface area contributed by atoms with Gasteiger partial charge >= 0.3 is 5.97 Å². The van der Waals surface area contributed by atoms with Crippen molar-refractivity contribution >= 4 is 23.1 Å². The number of aromatic nitrogens is 2. The molecule has 0 amide bonds. The molecule has 2 aromatic rings. The maximum atomic E-state index is 11.2. The molecule has 1 atom stereocenters. The highest BCUT2D eigenvalue weighted by Crippen LogP contribution is 2.24. The van der Waals surface area contributed by atoms with Crippen molar-refractivity contribution in [2.45, 2.75) is 19.9 Å². The van der Waals surface area contributed by atoms with Crippen LogP contribution in [-0.4, -0.2) is 23.3 Å². The Balaban J connectivity index is 2.05. The number of ether oxygens (including phenoxy) is 1. The number of methoxy groups -OCH3 is 1. The van der Waals surface area contributed by atoms with Gasteiger partial charge in [0.1, 0.15) is 5.82 Å². The van der Waals surface area contributed by atoms with Crippen LogP contribution in [-0.2, 0) is 4.74 Å². The molecule has 0 saturated heterocycles. The second kappa shape index (κ2) is 5.79. The Kier molecular flexibility index (Phi) is 4.11. The van der Waals surface area contributed by atoms with Gasteiger partial charge < -0.3 is 10.1 Å². The number of aryl methyl sites for hydroxylation is 1. The molecular weight excluding hydrogens is 262 g/mol. The highest BCUT2D eigenvalue weighted by atomic mass is 32.1. The number of carbonyl (C=O) groups excluding carboxylic acids is 1. The maximum Gasteiger partial charge on any atom is 0.358 e. The van der Waals surface area contributed by atoms with Crippen molar-refractivity contribution in [3.63, 3.8) is 0 Å². The van der Waals surface area contributed by atoms with E-state index >= 15 is 0 Å². The van der Waals surface area contributed by atoms with Crippen molar-refractivity contribution in [2.75, 3.05) is 12.4 Å². The third-order valence-electron chi connectivity index (χ3n) is 2.61. The summed E-state index contributed by atoms with van der Waals surface area (Å²) in [6, 6.07) is 7.64. The van der Waals surface area contributed by atoms with Crippen LogP contribution >= 0.6 is 11.3 Å². The molecule has 0 radical (unpaired) electrons. The molecule has 0 spiro atoms. The molecule has 1 unspecified atom stereocenters. The number of esters is 1. The molecule has 0 aromatic carbocycles. The molecule has 2 aromatic heterocycles. The van der Waals surface area contributed by atoms with Crippen LogP contribution < -0.4 is 5.32 Å². The van der Waals surface area contributed by atoms with E-state index in [1.807, 2.05) is 0 Å². The molecular formula is C13H15N3O2S. The third kappa shape index (κ3) is 3.29. The van der Waals surface area contributed by atoms with Crippen LogP contribution in [0.5, 0.6) is 0 Å². The van der Waals surface area contributed by atoms with E-state index in [1.165, 1.54) is 16.9 Å². The first-order valence-corrected chi connectivity index (χ1v) is 6.66. The van der Waals surface area contributed by atoms with Crippen molar-refractivity contribution in [1.29, 1.82) is 0 Å². The van der Waals surface area contributed by atoms with E-state index in [1.54, 1.807) is 23.5 Å². The topological polar surface area (TPSA) is 64.1 Å². The molecule has 2 rings (SSSR count). The summed E-state index contributed by atoms with van der Waals surface area (Å²) in [7, 11) is 1.32. The number of nitrogens with zero attached hydrogens (tertiary/aromatic N) is 2. The molecule has 2 heterocycles. The van der Waals surface area contributed by atoms with Gasteiger partial charge in [-0.25, -0.2) is 4.79 Å². The summed E-state index contributed by atoms with van der Waals surface area (Å²) in [5.41, 5.74) is 0.202. The number of hydrogen-bond donors (Lipinski definition) is 1. The van der Waals surface area contributed by atoms with Crippen molar-refractivity contribution in [3.05, 3.63) is 39.7 Å². The second-order valence-corrected chi connectivity index (χ2v) is 5.43. The van der Waals surface area contributed by atoms with Gasteiger partial charge in [-0.15, -0.1) is 21.5 Å². The minimum Gasteiger partial charge on any atom is -0.464 e. The Morgan fingerprint density at radius 2 is 2.11 bits per heavy atom. The van der Waals surface area contributed by atoms with E-state index < -0.39 is 5.97 Å². The smallest absolute Gasteiger partial charge is 0.358 e. The Bertz CT molecular complexity index is 566. The van der Waals surface area contributed by atoms with E-state index in [0.717, 1.165) is 0 Å². The van der Waals surface area contributed by atoms with Gasteiger partial charge in [-0.2, -0.15) is 0 Å². The molecule has 5 nitrogen and oxygen atoms in total. The molecule has 0 bridgehead atoms. The molecule has 0 fully saturated rings. The van der Waals surface area contributed by atoms with E-state index in [4.69, 9.17) is 0 Å². The number of carbonyl (C=O) groups is 1. The summed E-state index contributed by atoms with van der Waals surface area (Å²) in [5.74, 6) is 0.146. The summed E-state index contributed by atoms with van der Waals surface area (Å²) in [6.07, 6.45) is 0. The number of nitrogens with one attached hydrogen (secondary N) is 1. The zero-order valence-electron chi connectivity index (χ0n) is 11.0. The minimum absolute atomic E-state index is 0.150. The predicted molar refractivity (Wildman–Crippen MR) is 74.5 cm³/mol. The lowest BCUT2D eigenvalue weighted by molar-refractivity contribution is 0.0593. The lowest BCUT2D eigenvalue weighted by Crippen LogP contribution is -2.10. The highest BCUT2D eigenvalue weighted by Gasteiger charge is 2.10. The van der Waals surface area contributed by atoms with Gasteiger partial charge in [-0.3, -0.25) is 0 Å². The van der Waals surface area contributed by atoms with Crippen LogP contribution in [0.25, 0.3) is 0 Å². The summed E-state index contributed by atoms with van der Waals surface area (Å²) in [6.45, 7) is 4.13. The summed E-state index contributed by atoms with van der Waals surface area (Å²) >= 11 is 1.74. The van der Waals surface area contributed by atoms with Crippen LogP contribution in [0.3, 0.4) is 0 Å². The first-order chi connectivity index (χ1) is 9.10. The van der Waals surface area contributed by atoms with Gasteiger partial charge in [0.2, 0.25) is 0 Å². The Morgan fingerprint density at radius 3 is 2.63 bits per heavy atom. The lowest BCUT2D eigenvalue weighted by atomic mass is 10.2. The molecule has 6 heteroatoms. The van der Waals surface area contributed by atoms with E-state index in [0.29, 0.717) is 5.82 Å². The number of thiophene rings is 1. The minimum atomic E-state index is -0.485. The van der Waals surface area contributed by atoms with Crippen LogP contribution in [0, 0.1) is 6.92 Å². The zero-order valence-corrected chi connectivity index (χ0v) is 11.8. The van der Waals surface area contributed by atoms with Gasteiger partial charge in [-0.1, -0.05) is 0 Å². The van der Waals surface area contributed by atoms with Crippen LogP contribution in [0.15, 0.2) is 24.3 Å². The van der Waals surface area contributed by atoms with Gasteiger partial charge in [-0.05, 0) is 38.1 Å². The summed E-state index contributed by atoms with van der Waals surface area (Å²) in [5, 5.41) is 11.0.